The molecule has 0 saturated carbocycles. The largest absolute Gasteiger partial charge is 0.507 e. The molecule has 0 fully saturated rings. The third-order valence-corrected chi connectivity index (χ3v) is 3.73. The molecule has 6 heteroatoms. The highest BCUT2D eigenvalue weighted by molar-refractivity contribution is 7.15. The van der Waals surface area contributed by atoms with Gasteiger partial charge in [-0.3, -0.25) is 10.1 Å². The highest BCUT2D eigenvalue weighted by atomic mass is 32.1. The van der Waals surface area contributed by atoms with Crippen LogP contribution >= 0.6 is 11.3 Å². The van der Waals surface area contributed by atoms with Crippen molar-refractivity contribution in [1.82, 2.24) is 10.2 Å². The third kappa shape index (κ3) is 3.77. The number of anilines is 1. The molecular formula is C14H17N3O2S. The molecule has 20 heavy (non-hydrogen) atoms. The number of hydrogen-bond donors (Lipinski definition) is 2. The van der Waals surface area contributed by atoms with E-state index in [2.05, 4.69) is 22.4 Å². The summed E-state index contributed by atoms with van der Waals surface area (Å²) in [5.74, 6) is -0.419. The van der Waals surface area contributed by atoms with E-state index in [4.69, 9.17) is 0 Å². The number of rotatable bonds is 6. The lowest BCUT2D eigenvalue weighted by Gasteiger charge is -2.02. The highest BCUT2D eigenvalue weighted by Crippen LogP contribution is 2.21. The summed E-state index contributed by atoms with van der Waals surface area (Å²) >= 11 is 1.38. The smallest absolute Gasteiger partial charge is 0.261 e. The first kappa shape index (κ1) is 14.5. The topological polar surface area (TPSA) is 75.1 Å². The van der Waals surface area contributed by atoms with Crippen molar-refractivity contribution >= 4 is 22.4 Å². The van der Waals surface area contributed by atoms with Crippen LogP contribution in [-0.2, 0) is 6.42 Å². The van der Waals surface area contributed by atoms with E-state index < -0.39 is 0 Å². The van der Waals surface area contributed by atoms with Gasteiger partial charge in [-0.05, 0) is 18.6 Å². The number of carbonyl (C=O) groups is 1. The van der Waals surface area contributed by atoms with E-state index in [1.165, 1.54) is 23.8 Å². The number of aromatic nitrogens is 2. The summed E-state index contributed by atoms with van der Waals surface area (Å²) in [6, 6.07) is 6.41. The van der Waals surface area contributed by atoms with Crippen molar-refractivity contribution in [2.24, 2.45) is 0 Å². The minimum atomic E-state index is -0.376. The van der Waals surface area contributed by atoms with Gasteiger partial charge in [0.25, 0.3) is 5.91 Å². The van der Waals surface area contributed by atoms with Crippen molar-refractivity contribution in [3.63, 3.8) is 0 Å². The van der Waals surface area contributed by atoms with E-state index in [9.17, 15) is 9.90 Å². The van der Waals surface area contributed by atoms with Crippen molar-refractivity contribution in [2.45, 2.75) is 32.6 Å². The molecule has 1 aromatic heterocycles. The molecule has 2 rings (SSSR count). The van der Waals surface area contributed by atoms with E-state index in [0.29, 0.717) is 5.13 Å². The zero-order chi connectivity index (χ0) is 14.4. The van der Waals surface area contributed by atoms with Crippen LogP contribution < -0.4 is 5.32 Å². The van der Waals surface area contributed by atoms with Crippen LogP contribution in [0.3, 0.4) is 0 Å². The number of aryl methyl sites for hydroxylation is 1. The van der Waals surface area contributed by atoms with Gasteiger partial charge in [-0.1, -0.05) is 43.2 Å². The summed E-state index contributed by atoms with van der Waals surface area (Å²) in [5.41, 5.74) is 0.232. The quantitative estimate of drug-likeness (QED) is 0.801. The SMILES string of the molecule is CCCCCc1nnc(NC(=O)c2ccccc2O)s1. The van der Waals surface area contributed by atoms with E-state index in [-0.39, 0.29) is 17.2 Å². The van der Waals surface area contributed by atoms with Crippen LogP contribution in [0.4, 0.5) is 5.13 Å². The summed E-state index contributed by atoms with van der Waals surface area (Å²) < 4.78 is 0. The van der Waals surface area contributed by atoms with Gasteiger partial charge < -0.3 is 5.11 Å². The summed E-state index contributed by atoms with van der Waals surface area (Å²) in [6.07, 6.45) is 4.30. The van der Waals surface area contributed by atoms with Gasteiger partial charge in [-0.2, -0.15) is 0 Å². The Morgan fingerprint density at radius 1 is 1.30 bits per heavy atom. The van der Waals surface area contributed by atoms with Gasteiger partial charge in [-0.15, -0.1) is 10.2 Å². The normalized spacial score (nSPS) is 10.4. The molecule has 0 saturated heterocycles. The number of phenols is 1. The van der Waals surface area contributed by atoms with Crippen molar-refractivity contribution < 1.29 is 9.90 Å². The molecule has 1 heterocycles. The molecule has 0 spiro atoms. The molecular weight excluding hydrogens is 274 g/mol. The number of aromatic hydroxyl groups is 1. The second-order valence-corrected chi connectivity index (χ2v) is 5.49. The molecule has 106 valence electrons. The summed E-state index contributed by atoms with van der Waals surface area (Å²) in [5, 5.41) is 21.6. The zero-order valence-corrected chi connectivity index (χ0v) is 12.1. The van der Waals surface area contributed by atoms with Crippen LogP contribution in [0.2, 0.25) is 0 Å². The number of benzene rings is 1. The summed E-state index contributed by atoms with van der Waals surface area (Å²) in [7, 11) is 0. The number of amides is 1. The van der Waals surface area contributed by atoms with Gasteiger partial charge in [-0.25, -0.2) is 0 Å². The number of phenolic OH excluding ortho intramolecular Hbond substituents is 1. The van der Waals surface area contributed by atoms with Crippen LogP contribution in [0.5, 0.6) is 5.75 Å². The monoisotopic (exact) mass is 291 g/mol. The lowest BCUT2D eigenvalue weighted by molar-refractivity contribution is 0.102. The Labute approximate surface area is 121 Å². The molecule has 1 aromatic carbocycles. The number of para-hydroxylation sites is 1. The molecule has 0 aliphatic heterocycles. The number of nitrogens with one attached hydrogen (secondary N) is 1. The number of carbonyl (C=O) groups excluding carboxylic acids is 1. The van der Waals surface area contributed by atoms with Gasteiger partial charge in [0.2, 0.25) is 5.13 Å². The molecule has 0 bridgehead atoms. The second kappa shape index (κ2) is 7.00. The van der Waals surface area contributed by atoms with Crippen LogP contribution in [-0.4, -0.2) is 21.2 Å². The van der Waals surface area contributed by atoms with Gasteiger partial charge in [0, 0.05) is 6.42 Å². The standard InChI is InChI=1S/C14H17N3O2S/c1-2-3-4-9-12-16-17-14(20-12)15-13(19)10-7-5-6-8-11(10)18/h5-8,18H,2-4,9H2,1H3,(H,15,17,19). The minimum Gasteiger partial charge on any atom is -0.507 e. The van der Waals surface area contributed by atoms with Gasteiger partial charge in [0.05, 0.1) is 5.56 Å². The third-order valence-electron chi connectivity index (χ3n) is 2.83. The van der Waals surface area contributed by atoms with E-state index in [0.717, 1.165) is 24.3 Å². The fourth-order valence-electron chi connectivity index (χ4n) is 1.76. The fourth-order valence-corrected chi connectivity index (χ4v) is 2.54. The fraction of sp³-hybridized carbons (Fsp3) is 0.357. The Kier molecular flexibility index (Phi) is 5.06. The number of nitrogens with zero attached hydrogens (tertiary/aromatic N) is 2. The Morgan fingerprint density at radius 2 is 2.10 bits per heavy atom. The molecule has 0 aliphatic rings. The Bertz CT molecular complexity index is 583. The molecule has 0 unspecified atom stereocenters. The highest BCUT2D eigenvalue weighted by Gasteiger charge is 2.13. The average molecular weight is 291 g/mol. The summed E-state index contributed by atoms with van der Waals surface area (Å²) in [4.78, 5) is 12.0. The van der Waals surface area contributed by atoms with E-state index >= 15 is 0 Å². The second-order valence-electron chi connectivity index (χ2n) is 4.43. The van der Waals surface area contributed by atoms with Crippen LogP contribution in [0.15, 0.2) is 24.3 Å². The molecule has 0 aliphatic carbocycles. The minimum absolute atomic E-state index is 0.0438. The Balaban J connectivity index is 1.97. The molecule has 0 radical (unpaired) electrons. The zero-order valence-electron chi connectivity index (χ0n) is 11.3. The van der Waals surface area contributed by atoms with Crippen LogP contribution in [0.1, 0.15) is 41.6 Å². The molecule has 2 aromatic rings. The molecule has 2 N–H and O–H groups in total. The van der Waals surface area contributed by atoms with Crippen molar-refractivity contribution in [1.29, 1.82) is 0 Å². The van der Waals surface area contributed by atoms with Gasteiger partial charge in [0.15, 0.2) is 0 Å². The molecule has 5 nitrogen and oxygen atoms in total. The Morgan fingerprint density at radius 3 is 2.85 bits per heavy atom. The predicted molar refractivity (Wildman–Crippen MR) is 79.2 cm³/mol. The number of unbranched alkanes of at least 4 members (excludes halogenated alkanes) is 2. The average Bonchev–Trinajstić information content (AvgIpc) is 2.87. The van der Waals surface area contributed by atoms with Crippen molar-refractivity contribution in [3.8, 4) is 5.75 Å². The molecule has 0 atom stereocenters. The first-order valence-corrected chi connectivity index (χ1v) is 7.44. The lowest BCUT2D eigenvalue weighted by Crippen LogP contribution is -2.11. The molecule has 1 amide bonds. The predicted octanol–water partition coefficient (Wildman–Crippen LogP) is 3.23. The summed E-state index contributed by atoms with van der Waals surface area (Å²) in [6.45, 7) is 2.15. The van der Waals surface area contributed by atoms with E-state index in [1.54, 1.807) is 18.2 Å². The van der Waals surface area contributed by atoms with Gasteiger partial charge >= 0.3 is 0 Å². The maximum absolute atomic E-state index is 12.0. The van der Waals surface area contributed by atoms with Crippen LogP contribution in [0.25, 0.3) is 0 Å². The first-order valence-electron chi connectivity index (χ1n) is 6.62. The van der Waals surface area contributed by atoms with Crippen LogP contribution in [0, 0.1) is 0 Å². The maximum Gasteiger partial charge on any atom is 0.261 e. The van der Waals surface area contributed by atoms with E-state index in [1.807, 2.05) is 0 Å². The lowest BCUT2D eigenvalue weighted by atomic mass is 10.2. The van der Waals surface area contributed by atoms with Gasteiger partial charge in [0.1, 0.15) is 10.8 Å². The number of hydrogen-bond acceptors (Lipinski definition) is 5. The first-order chi connectivity index (χ1) is 9.70. The Hall–Kier alpha value is -1.95. The van der Waals surface area contributed by atoms with Crippen molar-refractivity contribution in [3.05, 3.63) is 34.8 Å². The van der Waals surface area contributed by atoms with Crippen molar-refractivity contribution in [2.75, 3.05) is 5.32 Å². The maximum atomic E-state index is 12.0.